The van der Waals surface area contributed by atoms with Crippen molar-refractivity contribution < 1.29 is 4.79 Å². The van der Waals surface area contributed by atoms with E-state index in [2.05, 4.69) is 11.9 Å². The minimum Gasteiger partial charge on any atom is -0.326 e. The predicted octanol–water partition coefficient (Wildman–Crippen LogP) is 2.43. The molecule has 0 saturated carbocycles. The zero-order chi connectivity index (χ0) is 10.6. The molecule has 0 aliphatic rings. The average molecular weight is 189 g/mol. The normalized spacial score (nSPS) is 9.93. The largest absolute Gasteiger partial charge is 0.326 e. The van der Waals surface area contributed by atoms with Crippen LogP contribution in [0.15, 0.2) is 36.9 Å². The standard InChI is InChI=1S/C12H15NO/c1-9(2)12(14)13-10(3)11-7-5-4-6-8-11/h4-9H,3H2,1-2H3,(H,13,14). The Labute approximate surface area is 84.6 Å². The third-order valence-corrected chi connectivity index (χ3v) is 1.92. The Morgan fingerprint density at radius 2 is 1.86 bits per heavy atom. The Morgan fingerprint density at radius 3 is 2.36 bits per heavy atom. The Morgan fingerprint density at radius 1 is 1.29 bits per heavy atom. The van der Waals surface area contributed by atoms with Gasteiger partial charge in [-0.3, -0.25) is 4.79 Å². The van der Waals surface area contributed by atoms with Crippen molar-refractivity contribution in [3.05, 3.63) is 42.5 Å². The SMILES string of the molecule is C=C(NC(=O)C(C)C)c1ccccc1. The lowest BCUT2D eigenvalue weighted by molar-refractivity contribution is -0.122. The van der Waals surface area contributed by atoms with E-state index in [0.717, 1.165) is 5.56 Å². The van der Waals surface area contributed by atoms with Crippen molar-refractivity contribution in [2.45, 2.75) is 13.8 Å². The number of benzene rings is 1. The maximum atomic E-state index is 11.4. The van der Waals surface area contributed by atoms with E-state index in [1.807, 2.05) is 44.2 Å². The Hall–Kier alpha value is -1.57. The van der Waals surface area contributed by atoms with Gasteiger partial charge in [-0.25, -0.2) is 0 Å². The fourth-order valence-corrected chi connectivity index (χ4v) is 1.00. The van der Waals surface area contributed by atoms with Gasteiger partial charge in [-0.15, -0.1) is 0 Å². The summed E-state index contributed by atoms with van der Waals surface area (Å²) in [6.07, 6.45) is 0. The van der Waals surface area contributed by atoms with Gasteiger partial charge in [0.15, 0.2) is 0 Å². The molecule has 0 fully saturated rings. The molecule has 14 heavy (non-hydrogen) atoms. The Balaban J connectivity index is 2.65. The molecule has 1 aromatic carbocycles. The van der Waals surface area contributed by atoms with E-state index in [0.29, 0.717) is 5.70 Å². The number of amides is 1. The molecule has 1 aromatic rings. The van der Waals surface area contributed by atoms with Crippen molar-refractivity contribution in [3.63, 3.8) is 0 Å². The quantitative estimate of drug-likeness (QED) is 0.777. The zero-order valence-corrected chi connectivity index (χ0v) is 8.58. The van der Waals surface area contributed by atoms with Gasteiger partial charge in [0.2, 0.25) is 5.91 Å². The van der Waals surface area contributed by atoms with Crippen LogP contribution in [0.2, 0.25) is 0 Å². The van der Waals surface area contributed by atoms with Crippen LogP contribution in [0.3, 0.4) is 0 Å². The molecular formula is C12H15NO. The van der Waals surface area contributed by atoms with Crippen molar-refractivity contribution >= 4 is 11.6 Å². The lowest BCUT2D eigenvalue weighted by Gasteiger charge is -2.10. The average Bonchev–Trinajstić information content (AvgIpc) is 2.19. The first-order valence-electron chi connectivity index (χ1n) is 4.66. The van der Waals surface area contributed by atoms with Crippen molar-refractivity contribution in [1.82, 2.24) is 5.32 Å². The molecule has 1 amide bonds. The molecule has 1 N–H and O–H groups in total. The predicted molar refractivity (Wildman–Crippen MR) is 58.5 cm³/mol. The number of carbonyl (C=O) groups excluding carboxylic acids is 1. The van der Waals surface area contributed by atoms with E-state index < -0.39 is 0 Å². The van der Waals surface area contributed by atoms with Crippen LogP contribution in [0, 0.1) is 5.92 Å². The molecular weight excluding hydrogens is 174 g/mol. The first kappa shape index (κ1) is 10.5. The van der Waals surface area contributed by atoms with Crippen molar-refractivity contribution in [1.29, 1.82) is 0 Å². The Bertz CT molecular complexity index is 327. The second kappa shape index (κ2) is 4.61. The van der Waals surface area contributed by atoms with Gasteiger partial charge in [-0.05, 0) is 5.56 Å². The minimum absolute atomic E-state index is 0.00106. The summed E-state index contributed by atoms with van der Waals surface area (Å²) < 4.78 is 0. The molecule has 0 heterocycles. The van der Waals surface area contributed by atoms with E-state index in [1.54, 1.807) is 0 Å². The minimum atomic E-state index is -0.0181. The highest BCUT2D eigenvalue weighted by Crippen LogP contribution is 2.08. The number of hydrogen-bond acceptors (Lipinski definition) is 1. The summed E-state index contributed by atoms with van der Waals surface area (Å²) in [5.41, 5.74) is 1.60. The number of carbonyl (C=O) groups is 1. The van der Waals surface area contributed by atoms with E-state index >= 15 is 0 Å². The molecule has 0 aliphatic carbocycles. The molecule has 1 rings (SSSR count). The van der Waals surface area contributed by atoms with Crippen molar-refractivity contribution in [2.24, 2.45) is 5.92 Å². The molecule has 0 radical (unpaired) electrons. The van der Waals surface area contributed by atoms with Crippen molar-refractivity contribution in [3.8, 4) is 0 Å². The van der Waals surface area contributed by atoms with Crippen LogP contribution < -0.4 is 5.32 Å². The van der Waals surface area contributed by atoms with Gasteiger partial charge in [-0.2, -0.15) is 0 Å². The highest BCUT2D eigenvalue weighted by Gasteiger charge is 2.07. The Kier molecular flexibility index (Phi) is 3.46. The fraction of sp³-hybridized carbons (Fsp3) is 0.250. The smallest absolute Gasteiger partial charge is 0.226 e. The van der Waals surface area contributed by atoms with E-state index in [9.17, 15) is 4.79 Å². The third-order valence-electron chi connectivity index (χ3n) is 1.92. The van der Waals surface area contributed by atoms with Crippen LogP contribution in [-0.2, 0) is 4.79 Å². The summed E-state index contributed by atoms with van der Waals surface area (Å²) in [5.74, 6) is -0.0192. The first-order chi connectivity index (χ1) is 6.61. The molecule has 2 nitrogen and oxygen atoms in total. The van der Waals surface area contributed by atoms with Crippen LogP contribution >= 0.6 is 0 Å². The number of rotatable bonds is 3. The number of nitrogens with one attached hydrogen (secondary N) is 1. The van der Waals surface area contributed by atoms with Crippen molar-refractivity contribution in [2.75, 3.05) is 0 Å². The van der Waals surface area contributed by atoms with Crippen LogP contribution in [-0.4, -0.2) is 5.91 Å². The van der Waals surface area contributed by atoms with Gasteiger partial charge in [0.25, 0.3) is 0 Å². The topological polar surface area (TPSA) is 29.1 Å². The first-order valence-corrected chi connectivity index (χ1v) is 4.66. The van der Waals surface area contributed by atoms with Crippen LogP contribution in [0.1, 0.15) is 19.4 Å². The molecule has 0 aromatic heterocycles. The molecule has 0 aliphatic heterocycles. The molecule has 0 bridgehead atoms. The monoisotopic (exact) mass is 189 g/mol. The van der Waals surface area contributed by atoms with Crippen LogP contribution in [0.4, 0.5) is 0 Å². The van der Waals surface area contributed by atoms with Crippen LogP contribution in [0.5, 0.6) is 0 Å². The van der Waals surface area contributed by atoms with Gasteiger partial charge in [0, 0.05) is 11.6 Å². The van der Waals surface area contributed by atoms with Gasteiger partial charge in [-0.1, -0.05) is 50.8 Å². The molecule has 0 atom stereocenters. The second-order valence-corrected chi connectivity index (χ2v) is 3.49. The molecule has 0 spiro atoms. The zero-order valence-electron chi connectivity index (χ0n) is 8.58. The molecule has 2 heteroatoms. The van der Waals surface area contributed by atoms with Crippen LogP contribution in [0.25, 0.3) is 5.70 Å². The van der Waals surface area contributed by atoms with E-state index in [1.165, 1.54) is 0 Å². The van der Waals surface area contributed by atoms with Gasteiger partial charge < -0.3 is 5.32 Å². The molecule has 74 valence electrons. The molecule has 0 saturated heterocycles. The molecule has 0 unspecified atom stereocenters. The third kappa shape index (κ3) is 2.73. The summed E-state index contributed by atoms with van der Waals surface area (Å²) in [5, 5.41) is 2.76. The highest BCUT2D eigenvalue weighted by molar-refractivity contribution is 5.87. The lowest BCUT2D eigenvalue weighted by Crippen LogP contribution is -2.25. The fourth-order valence-electron chi connectivity index (χ4n) is 1.00. The maximum Gasteiger partial charge on any atom is 0.226 e. The maximum absolute atomic E-state index is 11.4. The van der Waals surface area contributed by atoms with E-state index in [-0.39, 0.29) is 11.8 Å². The van der Waals surface area contributed by atoms with Gasteiger partial charge >= 0.3 is 0 Å². The van der Waals surface area contributed by atoms with Gasteiger partial charge in [0.1, 0.15) is 0 Å². The number of hydrogen-bond donors (Lipinski definition) is 1. The summed E-state index contributed by atoms with van der Waals surface area (Å²) >= 11 is 0. The lowest BCUT2D eigenvalue weighted by atomic mass is 10.1. The highest BCUT2D eigenvalue weighted by atomic mass is 16.1. The second-order valence-electron chi connectivity index (χ2n) is 3.49. The van der Waals surface area contributed by atoms with E-state index in [4.69, 9.17) is 0 Å². The van der Waals surface area contributed by atoms with Gasteiger partial charge in [0.05, 0.1) is 0 Å². The summed E-state index contributed by atoms with van der Waals surface area (Å²) in [7, 11) is 0. The summed E-state index contributed by atoms with van der Waals surface area (Å²) in [4.78, 5) is 11.4. The summed E-state index contributed by atoms with van der Waals surface area (Å²) in [6, 6.07) is 9.61. The summed E-state index contributed by atoms with van der Waals surface area (Å²) in [6.45, 7) is 7.52.